The summed E-state index contributed by atoms with van der Waals surface area (Å²) in [5.41, 5.74) is 0. The highest BCUT2D eigenvalue weighted by atomic mass is 35.5. The van der Waals surface area contributed by atoms with E-state index < -0.39 is 0 Å². The molecule has 1 aliphatic rings. The number of rotatable bonds is 3. The van der Waals surface area contributed by atoms with Crippen LogP contribution in [0.2, 0.25) is 10.2 Å². The zero-order valence-electron chi connectivity index (χ0n) is 9.12. The summed E-state index contributed by atoms with van der Waals surface area (Å²) in [7, 11) is 2.12. The van der Waals surface area contributed by atoms with Crippen molar-refractivity contribution in [1.29, 1.82) is 0 Å². The maximum absolute atomic E-state index is 5.85. The second kappa shape index (κ2) is 5.21. The average molecular weight is 261 g/mol. The van der Waals surface area contributed by atoms with E-state index in [0.29, 0.717) is 28.6 Å². The fourth-order valence-corrected chi connectivity index (χ4v) is 2.12. The molecule has 0 radical (unpaired) electrons. The molecule has 1 fully saturated rings. The van der Waals surface area contributed by atoms with Crippen molar-refractivity contribution < 1.29 is 4.74 Å². The largest absolute Gasteiger partial charge is 0.490 e. The molecule has 0 spiro atoms. The van der Waals surface area contributed by atoms with Crippen LogP contribution in [0, 0.1) is 0 Å². The van der Waals surface area contributed by atoms with E-state index in [9.17, 15) is 0 Å². The quantitative estimate of drug-likeness (QED) is 0.782. The van der Waals surface area contributed by atoms with Gasteiger partial charge in [0.25, 0.3) is 0 Å². The predicted octanol–water partition coefficient (Wildman–Crippen LogP) is 2.86. The lowest BCUT2D eigenvalue weighted by atomic mass is 10.2. The Morgan fingerprint density at radius 1 is 1.56 bits per heavy atom. The zero-order valence-corrected chi connectivity index (χ0v) is 10.6. The fourth-order valence-electron chi connectivity index (χ4n) is 1.86. The van der Waals surface area contributed by atoms with Gasteiger partial charge in [-0.05, 0) is 26.4 Å². The van der Waals surface area contributed by atoms with Gasteiger partial charge in [-0.1, -0.05) is 23.2 Å². The Balaban J connectivity index is 1.91. The van der Waals surface area contributed by atoms with Crippen LogP contribution in [0.5, 0.6) is 5.75 Å². The molecule has 1 aliphatic heterocycles. The minimum atomic E-state index is 0.312. The monoisotopic (exact) mass is 260 g/mol. The predicted molar refractivity (Wildman–Crippen MR) is 65.4 cm³/mol. The van der Waals surface area contributed by atoms with E-state index in [2.05, 4.69) is 16.9 Å². The molecular formula is C11H14Cl2N2O. The van der Waals surface area contributed by atoms with Gasteiger partial charge in [0.15, 0.2) is 0 Å². The van der Waals surface area contributed by atoms with Gasteiger partial charge >= 0.3 is 0 Å². The third-order valence-electron chi connectivity index (χ3n) is 2.89. The summed E-state index contributed by atoms with van der Waals surface area (Å²) >= 11 is 11.6. The van der Waals surface area contributed by atoms with E-state index in [1.807, 2.05) is 0 Å². The summed E-state index contributed by atoms with van der Waals surface area (Å²) in [6.07, 6.45) is 4.03. The number of likely N-dealkylation sites (tertiary alicyclic amines) is 1. The Bertz CT molecular complexity index is 373. The smallest absolute Gasteiger partial charge is 0.147 e. The first-order valence-corrected chi connectivity index (χ1v) is 6.06. The van der Waals surface area contributed by atoms with E-state index in [4.69, 9.17) is 27.9 Å². The number of pyridine rings is 1. The summed E-state index contributed by atoms with van der Waals surface area (Å²) in [6, 6.07) is 2.20. The zero-order chi connectivity index (χ0) is 11.5. The van der Waals surface area contributed by atoms with Gasteiger partial charge in [0.2, 0.25) is 0 Å². The van der Waals surface area contributed by atoms with Crippen LogP contribution in [-0.2, 0) is 0 Å². The normalized spacial score (nSPS) is 21.3. The molecule has 0 aliphatic carbocycles. The minimum absolute atomic E-state index is 0.312. The number of aromatic nitrogens is 1. The van der Waals surface area contributed by atoms with Crippen LogP contribution < -0.4 is 4.74 Å². The molecule has 2 rings (SSSR count). The van der Waals surface area contributed by atoms with E-state index in [-0.39, 0.29) is 0 Å². The first-order chi connectivity index (χ1) is 7.66. The van der Waals surface area contributed by atoms with Crippen molar-refractivity contribution in [2.24, 2.45) is 0 Å². The average Bonchev–Trinajstić information content (AvgIpc) is 2.66. The Kier molecular flexibility index (Phi) is 3.90. The number of hydrogen-bond donors (Lipinski definition) is 0. The lowest BCUT2D eigenvalue weighted by molar-refractivity contribution is 0.198. The minimum Gasteiger partial charge on any atom is -0.490 e. The van der Waals surface area contributed by atoms with E-state index >= 15 is 0 Å². The van der Waals surface area contributed by atoms with Gasteiger partial charge in [-0.2, -0.15) is 0 Å². The second-order valence-electron chi connectivity index (χ2n) is 4.03. The summed E-state index contributed by atoms with van der Waals surface area (Å²) in [5.74, 6) is 0.676. The number of ether oxygens (including phenoxy) is 1. The van der Waals surface area contributed by atoms with Gasteiger partial charge in [-0.25, -0.2) is 4.98 Å². The van der Waals surface area contributed by atoms with Crippen molar-refractivity contribution in [3.8, 4) is 5.75 Å². The molecule has 1 atom stereocenters. The molecule has 1 saturated heterocycles. The maximum Gasteiger partial charge on any atom is 0.147 e. The maximum atomic E-state index is 5.85. The highest BCUT2D eigenvalue weighted by Gasteiger charge is 2.21. The molecular weight excluding hydrogens is 247 g/mol. The Labute approximate surface area is 105 Å². The molecule has 0 N–H and O–H groups in total. The van der Waals surface area contributed by atoms with Crippen LogP contribution in [0.15, 0.2) is 12.3 Å². The first kappa shape index (κ1) is 12.0. The highest BCUT2D eigenvalue weighted by Crippen LogP contribution is 2.24. The van der Waals surface area contributed by atoms with E-state index in [0.717, 1.165) is 6.54 Å². The van der Waals surface area contributed by atoms with E-state index in [1.165, 1.54) is 12.8 Å². The van der Waals surface area contributed by atoms with Crippen molar-refractivity contribution in [3.63, 3.8) is 0 Å². The third-order valence-corrected chi connectivity index (χ3v) is 3.57. The molecule has 0 aromatic carbocycles. The SMILES string of the molecule is CN1CCC[C@H]1COc1cnc(Cl)c(Cl)c1. The van der Waals surface area contributed by atoms with Crippen molar-refractivity contribution >= 4 is 23.2 Å². The van der Waals surface area contributed by atoms with Gasteiger partial charge in [0, 0.05) is 12.1 Å². The van der Waals surface area contributed by atoms with Gasteiger partial charge in [-0.15, -0.1) is 0 Å². The van der Waals surface area contributed by atoms with Crippen LogP contribution in [0.25, 0.3) is 0 Å². The molecule has 0 bridgehead atoms. The van der Waals surface area contributed by atoms with Crippen LogP contribution >= 0.6 is 23.2 Å². The number of halogens is 2. The molecule has 1 aromatic heterocycles. The molecule has 88 valence electrons. The van der Waals surface area contributed by atoms with E-state index in [1.54, 1.807) is 12.3 Å². The molecule has 16 heavy (non-hydrogen) atoms. The van der Waals surface area contributed by atoms with Crippen LogP contribution in [0.3, 0.4) is 0 Å². The third kappa shape index (κ3) is 2.78. The van der Waals surface area contributed by atoms with Gasteiger partial charge in [0.1, 0.15) is 17.5 Å². The van der Waals surface area contributed by atoms with Gasteiger partial charge < -0.3 is 9.64 Å². The topological polar surface area (TPSA) is 25.4 Å². The fraction of sp³-hybridized carbons (Fsp3) is 0.545. The summed E-state index contributed by atoms with van der Waals surface area (Å²) < 4.78 is 5.65. The van der Waals surface area contributed by atoms with Crippen molar-refractivity contribution in [1.82, 2.24) is 9.88 Å². The highest BCUT2D eigenvalue weighted by molar-refractivity contribution is 6.41. The van der Waals surface area contributed by atoms with Gasteiger partial charge in [0.05, 0.1) is 11.2 Å². The second-order valence-corrected chi connectivity index (χ2v) is 4.80. The summed E-state index contributed by atoms with van der Waals surface area (Å²) in [5, 5.41) is 0.742. The van der Waals surface area contributed by atoms with Crippen molar-refractivity contribution in [3.05, 3.63) is 22.4 Å². The van der Waals surface area contributed by atoms with Crippen molar-refractivity contribution in [2.75, 3.05) is 20.2 Å². The lowest BCUT2D eigenvalue weighted by Gasteiger charge is -2.19. The summed E-state index contributed by atoms with van der Waals surface area (Å²) in [4.78, 5) is 6.25. The molecule has 3 nitrogen and oxygen atoms in total. The van der Waals surface area contributed by atoms with Crippen molar-refractivity contribution in [2.45, 2.75) is 18.9 Å². The Hall–Kier alpha value is -0.510. The van der Waals surface area contributed by atoms with Gasteiger partial charge in [-0.3, -0.25) is 0 Å². The molecule has 0 saturated carbocycles. The van der Waals surface area contributed by atoms with Crippen LogP contribution in [-0.4, -0.2) is 36.1 Å². The number of nitrogens with zero attached hydrogens (tertiary/aromatic N) is 2. The molecule has 0 amide bonds. The molecule has 5 heteroatoms. The standard InChI is InChI=1S/C11H14Cl2N2O/c1-15-4-2-3-8(15)7-16-9-5-10(12)11(13)14-6-9/h5-6,8H,2-4,7H2,1H3/t8-/m0/s1. The molecule has 0 unspecified atom stereocenters. The van der Waals surface area contributed by atoms with Crippen LogP contribution in [0.4, 0.5) is 0 Å². The Morgan fingerprint density at radius 3 is 3.00 bits per heavy atom. The molecule has 2 heterocycles. The lowest BCUT2D eigenvalue weighted by Crippen LogP contribution is -2.30. The first-order valence-electron chi connectivity index (χ1n) is 5.31. The summed E-state index contributed by atoms with van der Waals surface area (Å²) in [6.45, 7) is 1.82. The number of likely N-dealkylation sites (N-methyl/N-ethyl adjacent to an activating group) is 1. The van der Waals surface area contributed by atoms with Crippen LogP contribution in [0.1, 0.15) is 12.8 Å². The number of hydrogen-bond acceptors (Lipinski definition) is 3. The molecule has 1 aromatic rings. The Morgan fingerprint density at radius 2 is 2.38 bits per heavy atom.